The number of aromatic nitrogens is 2. The van der Waals surface area contributed by atoms with Gasteiger partial charge in [-0.3, -0.25) is 10.2 Å². The Morgan fingerprint density at radius 2 is 1.95 bits per heavy atom. The van der Waals surface area contributed by atoms with Crippen LogP contribution in [-0.2, 0) is 10.5 Å². The molecule has 2 aromatic rings. The molecule has 1 unspecified atom stereocenters. The topological polar surface area (TPSA) is 107 Å². The Hall–Kier alpha value is -2.12. The van der Waals surface area contributed by atoms with Crippen LogP contribution in [0.3, 0.4) is 0 Å². The Labute approximate surface area is 127 Å². The summed E-state index contributed by atoms with van der Waals surface area (Å²) in [5.74, 6) is 5.84. The number of hydrogen-bond acceptors (Lipinski definition) is 6. The van der Waals surface area contributed by atoms with Gasteiger partial charge < -0.3 is 5.73 Å². The second-order valence-corrected chi connectivity index (χ2v) is 5.47. The summed E-state index contributed by atoms with van der Waals surface area (Å²) in [6.07, 6.45) is 3.19. The number of nitrogens with two attached hydrogens (primary N) is 2. The summed E-state index contributed by atoms with van der Waals surface area (Å²) < 4.78 is 0. The van der Waals surface area contributed by atoms with Gasteiger partial charge in [-0.2, -0.15) is 0 Å². The first-order valence-corrected chi connectivity index (χ1v) is 7.39. The van der Waals surface area contributed by atoms with Crippen LogP contribution in [0, 0.1) is 0 Å². The van der Waals surface area contributed by atoms with E-state index in [1.165, 1.54) is 11.8 Å². The number of nitrogens with zero attached hydrogens (tertiary/aromatic N) is 2. The normalized spacial score (nSPS) is 11.9. The van der Waals surface area contributed by atoms with E-state index in [0.717, 1.165) is 21.9 Å². The van der Waals surface area contributed by atoms with Crippen LogP contribution >= 0.6 is 11.8 Å². The quantitative estimate of drug-likeness (QED) is 0.334. The van der Waals surface area contributed by atoms with Crippen molar-refractivity contribution in [3.63, 3.8) is 0 Å². The number of benzene rings is 1. The van der Waals surface area contributed by atoms with Crippen LogP contribution in [-0.4, -0.2) is 15.9 Å². The number of amides is 1. The van der Waals surface area contributed by atoms with Crippen molar-refractivity contribution in [3.05, 3.63) is 47.8 Å². The van der Waals surface area contributed by atoms with E-state index in [2.05, 4.69) is 15.4 Å². The van der Waals surface area contributed by atoms with Gasteiger partial charge in [0.25, 0.3) is 0 Å². The molecule has 1 heterocycles. The van der Waals surface area contributed by atoms with Crippen molar-refractivity contribution in [2.24, 2.45) is 5.84 Å². The van der Waals surface area contributed by atoms with Crippen LogP contribution in [0.2, 0.25) is 0 Å². The average Bonchev–Trinajstić information content (AvgIpc) is 2.53. The van der Waals surface area contributed by atoms with Gasteiger partial charge in [0.1, 0.15) is 5.03 Å². The Balaban J connectivity index is 2.00. The van der Waals surface area contributed by atoms with E-state index < -0.39 is 0 Å². The third-order valence-electron chi connectivity index (χ3n) is 3.08. The molecule has 1 aromatic carbocycles. The summed E-state index contributed by atoms with van der Waals surface area (Å²) in [6, 6.07) is 7.82. The lowest BCUT2D eigenvalue weighted by molar-refractivity contribution is -0.122. The summed E-state index contributed by atoms with van der Waals surface area (Å²) >= 11 is 1.53. The molecule has 1 atom stereocenters. The Morgan fingerprint density at radius 3 is 2.57 bits per heavy atom. The van der Waals surface area contributed by atoms with E-state index in [0.29, 0.717) is 5.82 Å². The molecule has 0 aliphatic carbocycles. The fourth-order valence-corrected chi connectivity index (χ4v) is 2.61. The second-order valence-electron chi connectivity index (χ2n) is 4.51. The molecular weight excluding hydrogens is 286 g/mol. The average molecular weight is 303 g/mol. The fraction of sp³-hybridized carbons (Fsp3) is 0.214. The van der Waals surface area contributed by atoms with Crippen LogP contribution < -0.4 is 17.0 Å². The lowest BCUT2D eigenvalue weighted by atomic mass is 10.00. The van der Waals surface area contributed by atoms with Gasteiger partial charge in [0.15, 0.2) is 5.82 Å². The van der Waals surface area contributed by atoms with Crippen molar-refractivity contribution in [3.8, 4) is 0 Å². The van der Waals surface area contributed by atoms with Gasteiger partial charge >= 0.3 is 0 Å². The maximum atomic E-state index is 11.5. The van der Waals surface area contributed by atoms with Gasteiger partial charge in [-0.25, -0.2) is 15.8 Å². The molecule has 0 aliphatic heterocycles. The first-order chi connectivity index (χ1) is 10.1. The molecule has 1 aromatic heterocycles. The number of anilines is 1. The molecule has 0 bridgehead atoms. The Morgan fingerprint density at radius 1 is 1.29 bits per heavy atom. The zero-order valence-corrected chi connectivity index (χ0v) is 12.4. The largest absolute Gasteiger partial charge is 0.381 e. The van der Waals surface area contributed by atoms with E-state index in [1.807, 2.05) is 31.2 Å². The summed E-state index contributed by atoms with van der Waals surface area (Å²) in [5, 5.41) is 0.720. The van der Waals surface area contributed by atoms with Gasteiger partial charge in [-0.1, -0.05) is 36.0 Å². The van der Waals surface area contributed by atoms with Crippen LogP contribution in [0.1, 0.15) is 24.0 Å². The third-order valence-corrected chi connectivity index (χ3v) is 4.15. The molecule has 0 aliphatic rings. The second kappa shape index (κ2) is 7.05. The maximum absolute atomic E-state index is 11.5. The standard InChI is InChI=1S/C14H17N5OS/c1-9(13(20)19-16)11-4-2-10(3-5-11)8-21-14-12(15)17-6-7-18-14/h2-7,9H,8,16H2,1H3,(H2,15,17)(H,19,20). The molecule has 7 heteroatoms. The summed E-state index contributed by atoms with van der Waals surface area (Å²) in [6.45, 7) is 1.81. The number of carbonyl (C=O) groups is 1. The first-order valence-electron chi connectivity index (χ1n) is 6.40. The molecular formula is C14H17N5OS. The summed E-state index contributed by atoms with van der Waals surface area (Å²) in [5.41, 5.74) is 9.95. The number of nitrogens with one attached hydrogen (secondary N) is 1. The molecule has 0 radical (unpaired) electrons. The number of hydrazine groups is 1. The number of thioether (sulfide) groups is 1. The highest BCUT2D eigenvalue weighted by Gasteiger charge is 2.13. The van der Waals surface area contributed by atoms with Gasteiger partial charge in [0, 0.05) is 18.1 Å². The molecule has 0 fully saturated rings. The van der Waals surface area contributed by atoms with Crippen molar-refractivity contribution in [2.75, 3.05) is 5.73 Å². The summed E-state index contributed by atoms with van der Waals surface area (Å²) in [7, 11) is 0. The number of carbonyl (C=O) groups excluding carboxylic acids is 1. The predicted molar refractivity (Wildman–Crippen MR) is 83.2 cm³/mol. The minimum Gasteiger partial charge on any atom is -0.381 e. The molecule has 0 saturated carbocycles. The molecule has 1 amide bonds. The molecule has 110 valence electrons. The van der Waals surface area contributed by atoms with Crippen molar-refractivity contribution in [1.82, 2.24) is 15.4 Å². The van der Waals surface area contributed by atoms with Crippen molar-refractivity contribution in [1.29, 1.82) is 0 Å². The van der Waals surface area contributed by atoms with Gasteiger partial charge in [-0.05, 0) is 18.1 Å². The van der Waals surface area contributed by atoms with Gasteiger partial charge in [0.2, 0.25) is 5.91 Å². The SMILES string of the molecule is CC(C(=O)NN)c1ccc(CSc2nccnc2N)cc1. The minimum absolute atomic E-state index is 0.204. The Kier molecular flexibility index (Phi) is 5.13. The van der Waals surface area contributed by atoms with Crippen LogP contribution in [0.4, 0.5) is 5.82 Å². The number of hydrogen-bond donors (Lipinski definition) is 3. The van der Waals surface area contributed by atoms with E-state index in [1.54, 1.807) is 12.4 Å². The monoisotopic (exact) mass is 303 g/mol. The van der Waals surface area contributed by atoms with Gasteiger partial charge in [0.05, 0.1) is 5.92 Å². The third kappa shape index (κ3) is 3.93. The minimum atomic E-state index is -0.271. The predicted octanol–water partition coefficient (Wildman–Crippen LogP) is 1.44. The van der Waals surface area contributed by atoms with E-state index in [-0.39, 0.29) is 11.8 Å². The van der Waals surface area contributed by atoms with E-state index in [4.69, 9.17) is 11.6 Å². The highest BCUT2D eigenvalue weighted by molar-refractivity contribution is 7.98. The smallest absolute Gasteiger partial charge is 0.241 e. The van der Waals surface area contributed by atoms with E-state index in [9.17, 15) is 4.79 Å². The molecule has 2 rings (SSSR count). The highest BCUT2D eigenvalue weighted by Crippen LogP contribution is 2.25. The highest BCUT2D eigenvalue weighted by atomic mass is 32.2. The Bertz CT molecular complexity index is 617. The summed E-state index contributed by atoms with van der Waals surface area (Å²) in [4.78, 5) is 19.7. The number of rotatable bonds is 5. The fourth-order valence-electron chi connectivity index (χ4n) is 1.78. The molecule has 21 heavy (non-hydrogen) atoms. The molecule has 0 spiro atoms. The van der Waals surface area contributed by atoms with Crippen LogP contribution in [0.15, 0.2) is 41.7 Å². The van der Waals surface area contributed by atoms with E-state index >= 15 is 0 Å². The zero-order valence-electron chi connectivity index (χ0n) is 11.6. The lowest BCUT2D eigenvalue weighted by Crippen LogP contribution is -2.33. The zero-order chi connectivity index (χ0) is 15.2. The number of nitrogen functional groups attached to an aromatic ring is 1. The molecule has 5 N–H and O–H groups in total. The molecule has 6 nitrogen and oxygen atoms in total. The van der Waals surface area contributed by atoms with Crippen molar-refractivity contribution in [2.45, 2.75) is 23.6 Å². The maximum Gasteiger partial charge on any atom is 0.241 e. The molecule has 0 saturated heterocycles. The van der Waals surface area contributed by atoms with Crippen LogP contribution in [0.25, 0.3) is 0 Å². The van der Waals surface area contributed by atoms with Gasteiger partial charge in [-0.15, -0.1) is 0 Å². The van der Waals surface area contributed by atoms with Crippen LogP contribution in [0.5, 0.6) is 0 Å². The van der Waals surface area contributed by atoms with Crippen molar-refractivity contribution >= 4 is 23.5 Å². The first kappa shape index (κ1) is 15.3. The van der Waals surface area contributed by atoms with Crippen molar-refractivity contribution < 1.29 is 4.79 Å². The lowest BCUT2D eigenvalue weighted by Gasteiger charge is -2.10.